The summed E-state index contributed by atoms with van der Waals surface area (Å²) in [5, 5.41) is 0. The van der Waals surface area contributed by atoms with Crippen molar-refractivity contribution in [2.24, 2.45) is 11.8 Å². The summed E-state index contributed by atoms with van der Waals surface area (Å²) in [6.45, 7) is 2.23. The van der Waals surface area contributed by atoms with Crippen LogP contribution in [-0.4, -0.2) is 126 Å². The fourth-order valence-corrected chi connectivity index (χ4v) is 5.47. The summed E-state index contributed by atoms with van der Waals surface area (Å²) < 4.78 is 518. The Hall–Kier alpha value is -2.94. The molecular weight excluding hydrogens is 1370 g/mol. The Kier molecular flexibility index (Phi) is 37.8. The maximum atomic E-state index is 13.0. The monoisotopic (exact) mass is 1440 g/mol. The van der Waals surface area contributed by atoms with Gasteiger partial charge in [0.15, 0.2) is 0 Å². The van der Waals surface area contributed by atoms with Crippen LogP contribution in [0.3, 0.4) is 0 Å². The van der Waals surface area contributed by atoms with Crippen molar-refractivity contribution in [3.8, 4) is 0 Å². The zero-order valence-corrected chi connectivity index (χ0v) is 48.7. The van der Waals surface area contributed by atoms with Gasteiger partial charge in [0.05, 0.1) is 12.8 Å². The van der Waals surface area contributed by atoms with Crippen LogP contribution in [-0.2, 0) is 0 Å². The average Bonchev–Trinajstić information content (AvgIpc) is 3.19. The number of halogens is 42. The van der Waals surface area contributed by atoms with Crippen LogP contribution in [0.25, 0.3) is 0 Å². The second-order valence-corrected chi connectivity index (χ2v) is 21.9. The molecule has 0 saturated heterocycles. The zero-order chi connectivity index (χ0) is 74.8. The van der Waals surface area contributed by atoms with E-state index in [1.165, 1.54) is 0 Å². The van der Waals surface area contributed by atoms with E-state index in [0.29, 0.717) is 27.7 Å². The van der Waals surface area contributed by atoms with E-state index in [1.54, 1.807) is 0 Å². The molecule has 90 heavy (non-hydrogen) atoms. The van der Waals surface area contributed by atoms with Crippen molar-refractivity contribution in [1.29, 1.82) is 0 Å². The van der Waals surface area contributed by atoms with E-state index in [1.807, 2.05) is 0 Å². The lowest BCUT2D eigenvalue weighted by Crippen LogP contribution is -2.49. The van der Waals surface area contributed by atoms with Crippen LogP contribution in [0.5, 0.6) is 0 Å². The van der Waals surface area contributed by atoms with Gasteiger partial charge < -0.3 is 0 Å². The van der Waals surface area contributed by atoms with Gasteiger partial charge in [-0.15, -0.1) is 0 Å². The first kappa shape index (κ1) is 98.1. The van der Waals surface area contributed by atoms with E-state index < -0.39 is 228 Å². The maximum absolute atomic E-state index is 13.0. The SMILES string of the molecule is CC(F)(F)CC(CC(F)(F)C(C)(F)F)C(C)(F)F.CC(F)(F)CC(CC(F)(F)C(F)(F)C(F)F)C(C)(F)F.CC(F)(F)CCC(F)(F)C(C)(F)F.CC(F)(F)CCC(F)(F)C(C)(F)F.CC(F)(F)CCC(F)(F)CC(F)F.CC(F)(F)CCC(F)(F)CC(F)F. The quantitative estimate of drug-likeness (QED) is 0.0607. The van der Waals surface area contributed by atoms with Gasteiger partial charge in [-0.3, -0.25) is 0 Å². The van der Waals surface area contributed by atoms with Crippen LogP contribution < -0.4 is 0 Å². The normalized spacial score (nSPS) is 15.3. The molecule has 0 fully saturated rings. The summed E-state index contributed by atoms with van der Waals surface area (Å²) in [6, 6.07) is 0. The molecule has 0 bridgehead atoms. The maximum Gasteiger partial charge on any atom is 0.369 e. The van der Waals surface area contributed by atoms with E-state index in [-0.39, 0.29) is 48.5 Å². The summed E-state index contributed by atoms with van der Waals surface area (Å²) in [4.78, 5) is 0. The van der Waals surface area contributed by atoms with Crippen LogP contribution in [0.15, 0.2) is 0 Å². The van der Waals surface area contributed by atoms with Crippen LogP contribution in [0, 0.1) is 11.8 Å². The van der Waals surface area contributed by atoms with Gasteiger partial charge in [-0.1, -0.05) is 0 Å². The predicted octanol–water partition coefficient (Wildman–Crippen LogP) is 25.1. The lowest BCUT2D eigenvalue weighted by Gasteiger charge is -2.32. The van der Waals surface area contributed by atoms with Gasteiger partial charge in [-0.25, -0.2) is 140 Å². The minimum atomic E-state index is -5.88. The molecule has 0 radical (unpaired) electrons. The summed E-state index contributed by atoms with van der Waals surface area (Å²) in [6.07, 6.45) is -32.4. The van der Waals surface area contributed by atoms with Crippen molar-refractivity contribution in [2.45, 2.75) is 292 Å². The van der Waals surface area contributed by atoms with Gasteiger partial charge in [0.1, 0.15) is 0 Å². The number of alkyl halides is 42. The van der Waals surface area contributed by atoms with Gasteiger partial charge >= 0.3 is 53.8 Å². The van der Waals surface area contributed by atoms with Gasteiger partial charge in [-0.05, 0) is 55.4 Å². The highest BCUT2D eigenvalue weighted by molar-refractivity contribution is 4.93. The van der Waals surface area contributed by atoms with Crippen LogP contribution >= 0.6 is 0 Å². The molecule has 0 nitrogen and oxygen atoms in total. The molecular formula is C48H66F42. The van der Waals surface area contributed by atoms with Crippen LogP contribution in [0.4, 0.5) is 184 Å². The molecule has 0 aromatic heterocycles. The van der Waals surface area contributed by atoms with E-state index in [0.717, 1.165) is 0 Å². The molecule has 0 aliphatic carbocycles. The number of rotatable bonds is 31. The lowest BCUT2D eigenvalue weighted by molar-refractivity contribution is -0.277. The molecule has 0 aromatic carbocycles. The smallest absolute Gasteiger partial charge is 0.210 e. The molecule has 0 rings (SSSR count). The second-order valence-electron chi connectivity index (χ2n) is 21.9. The molecule has 2 atom stereocenters. The molecule has 0 aromatic rings. The Balaban J connectivity index is -0.000000237. The first-order chi connectivity index (χ1) is 38.2. The van der Waals surface area contributed by atoms with Gasteiger partial charge in [0.2, 0.25) is 60.2 Å². The second kappa shape index (κ2) is 34.6. The van der Waals surface area contributed by atoms with Crippen molar-refractivity contribution in [1.82, 2.24) is 0 Å². The molecule has 0 aliphatic heterocycles. The third-order valence-corrected chi connectivity index (χ3v) is 10.9. The number of hydrogen-bond donors (Lipinski definition) is 0. The Morgan fingerprint density at radius 1 is 0.211 bits per heavy atom. The molecule has 0 heterocycles. The van der Waals surface area contributed by atoms with Crippen molar-refractivity contribution >= 4 is 0 Å². The molecule has 42 heteroatoms. The third kappa shape index (κ3) is 50.5. The van der Waals surface area contributed by atoms with Crippen LogP contribution in [0.2, 0.25) is 0 Å². The highest BCUT2D eigenvalue weighted by Crippen LogP contribution is 2.49. The fraction of sp³-hybridized carbons (Fsp3) is 1.00. The van der Waals surface area contributed by atoms with Gasteiger partial charge in [0, 0.05) is 110 Å². The van der Waals surface area contributed by atoms with Gasteiger partial charge in [-0.2, -0.15) is 43.9 Å². The molecule has 0 amide bonds. The Morgan fingerprint density at radius 3 is 0.567 bits per heavy atom. The highest BCUT2D eigenvalue weighted by atomic mass is 19.4. The summed E-state index contributed by atoms with van der Waals surface area (Å²) in [5.41, 5.74) is 0. The van der Waals surface area contributed by atoms with Crippen molar-refractivity contribution < 1.29 is 184 Å². The minimum Gasteiger partial charge on any atom is -0.210 e. The van der Waals surface area contributed by atoms with Crippen molar-refractivity contribution in [2.75, 3.05) is 0 Å². The summed E-state index contributed by atoms with van der Waals surface area (Å²) in [5.74, 6) is -79.4. The Bertz CT molecular complexity index is 1820. The molecule has 0 spiro atoms. The Labute approximate surface area is 488 Å². The molecule has 0 saturated carbocycles. The fourth-order valence-electron chi connectivity index (χ4n) is 5.47. The zero-order valence-electron chi connectivity index (χ0n) is 48.7. The summed E-state index contributed by atoms with van der Waals surface area (Å²) in [7, 11) is 0. The number of hydrogen-bond acceptors (Lipinski definition) is 0. The first-order valence-corrected chi connectivity index (χ1v) is 24.9. The standard InChI is InChI=1S/C10H12F10.C10H14F8.4C7H10F6/c1-7(13,14)3-5(8(2,15)16)4-9(17,18)10(19,20)6(11)12;1-7(11,12)4-6(8(2,13)14)5-10(17,18)9(3,15)16;2*1-5(8,9)3-4-7(12,13)6(2,10)11;2*1-6(10,11)2-3-7(12,13)4-5(8)9/h5-6H,3-4H2,1-2H3;6H,4-5H2,1-3H3;2*3-4H2,1-2H3;2*5H,2-4H2,1H3. The molecule has 552 valence electrons. The summed E-state index contributed by atoms with van der Waals surface area (Å²) >= 11 is 0. The molecule has 2 unspecified atom stereocenters. The van der Waals surface area contributed by atoms with E-state index in [9.17, 15) is 184 Å². The minimum absolute atomic E-state index is 0.0139. The van der Waals surface area contributed by atoms with Crippen LogP contribution in [0.1, 0.15) is 166 Å². The predicted molar refractivity (Wildman–Crippen MR) is 241 cm³/mol. The average molecular weight is 1440 g/mol. The Morgan fingerprint density at radius 2 is 0.411 bits per heavy atom. The highest BCUT2D eigenvalue weighted by Gasteiger charge is 2.65. The van der Waals surface area contributed by atoms with E-state index in [4.69, 9.17) is 0 Å². The molecule has 0 N–H and O–H groups in total. The lowest BCUT2D eigenvalue weighted by atomic mass is 9.87. The van der Waals surface area contributed by atoms with Gasteiger partial charge in [0.25, 0.3) is 11.8 Å². The largest absolute Gasteiger partial charge is 0.369 e. The van der Waals surface area contributed by atoms with E-state index in [2.05, 4.69) is 0 Å². The van der Waals surface area contributed by atoms with E-state index >= 15 is 0 Å². The first-order valence-electron chi connectivity index (χ1n) is 24.9. The topological polar surface area (TPSA) is 0 Å². The van der Waals surface area contributed by atoms with Crippen molar-refractivity contribution in [3.63, 3.8) is 0 Å². The third-order valence-electron chi connectivity index (χ3n) is 10.9. The van der Waals surface area contributed by atoms with Crippen molar-refractivity contribution in [3.05, 3.63) is 0 Å². The molecule has 0 aliphatic rings.